The highest BCUT2D eigenvalue weighted by Crippen LogP contribution is 2.25. The maximum absolute atomic E-state index is 5.77. The molecule has 1 aromatic carbocycles. The largest absolute Gasteiger partial charge is 0.494 e. The molecule has 1 unspecified atom stereocenters. The van der Waals surface area contributed by atoms with Gasteiger partial charge in [0.2, 0.25) is 0 Å². The number of hydrogen-bond acceptors (Lipinski definition) is 3. The highest BCUT2D eigenvalue weighted by molar-refractivity contribution is 5.37. The van der Waals surface area contributed by atoms with Crippen LogP contribution in [-0.2, 0) is 13.1 Å². The molecule has 2 rings (SSSR count). The summed E-state index contributed by atoms with van der Waals surface area (Å²) in [4.78, 5) is 2.62. The number of likely N-dealkylation sites (tertiary alicyclic amines) is 1. The lowest BCUT2D eigenvalue weighted by atomic mass is 9.99. The summed E-state index contributed by atoms with van der Waals surface area (Å²) in [6.07, 6.45) is 5.30. The predicted molar refractivity (Wildman–Crippen MR) is 83.8 cm³/mol. The van der Waals surface area contributed by atoms with E-state index >= 15 is 0 Å². The molecule has 0 saturated carbocycles. The van der Waals surface area contributed by atoms with Gasteiger partial charge < -0.3 is 10.5 Å². The normalized spacial score (nSPS) is 20.1. The molecule has 0 radical (unpaired) electrons. The Morgan fingerprint density at radius 3 is 2.85 bits per heavy atom. The van der Waals surface area contributed by atoms with Crippen LogP contribution in [0.4, 0.5) is 0 Å². The maximum atomic E-state index is 5.77. The molecule has 112 valence electrons. The van der Waals surface area contributed by atoms with E-state index in [4.69, 9.17) is 10.5 Å². The molecule has 3 heteroatoms. The lowest BCUT2D eigenvalue weighted by Gasteiger charge is -2.35. The zero-order valence-corrected chi connectivity index (χ0v) is 12.9. The molecule has 0 spiro atoms. The van der Waals surface area contributed by atoms with Gasteiger partial charge in [0.25, 0.3) is 0 Å². The van der Waals surface area contributed by atoms with E-state index < -0.39 is 0 Å². The first-order valence-corrected chi connectivity index (χ1v) is 7.97. The van der Waals surface area contributed by atoms with E-state index in [1.807, 2.05) is 6.92 Å². The Bertz CT molecular complexity index is 419. The molecule has 1 aliphatic rings. The Kier molecular flexibility index (Phi) is 5.86. The van der Waals surface area contributed by atoms with Crippen molar-refractivity contribution in [2.45, 2.75) is 58.7 Å². The number of benzene rings is 1. The van der Waals surface area contributed by atoms with Crippen LogP contribution in [0.5, 0.6) is 5.75 Å². The van der Waals surface area contributed by atoms with Crippen LogP contribution in [0.3, 0.4) is 0 Å². The third-order valence-electron chi connectivity index (χ3n) is 4.26. The van der Waals surface area contributed by atoms with Gasteiger partial charge in [0.15, 0.2) is 0 Å². The fraction of sp³-hybridized carbons (Fsp3) is 0.647. The molecule has 1 saturated heterocycles. The molecule has 0 amide bonds. The predicted octanol–water partition coefficient (Wildman–Crippen LogP) is 3.31. The second kappa shape index (κ2) is 7.65. The molecular weight excluding hydrogens is 248 g/mol. The number of nitrogens with zero attached hydrogens (tertiary/aromatic N) is 1. The van der Waals surface area contributed by atoms with Crippen LogP contribution in [0.2, 0.25) is 0 Å². The van der Waals surface area contributed by atoms with E-state index in [9.17, 15) is 0 Å². The third-order valence-corrected chi connectivity index (χ3v) is 4.26. The molecule has 1 aliphatic heterocycles. The van der Waals surface area contributed by atoms with Gasteiger partial charge in [0.05, 0.1) is 6.61 Å². The first-order valence-electron chi connectivity index (χ1n) is 7.97. The molecule has 1 fully saturated rings. The fourth-order valence-corrected chi connectivity index (χ4v) is 3.12. The molecule has 0 bridgehead atoms. The Morgan fingerprint density at radius 1 is 1.30 bits per heavy atom. The lowest BCUT2D eigenvalue weighted by molar-refractivity contribution is 0.136. The lowest BCUT2D eigenvalue weighted by Crippen LogP contribution is -2.38. The van der Waals surface area contributed by atoms with Crippen molar-refractivity contribution in [2.75, 3.05) is 13.2 Å². The monoisotopic (exact) mass is 276 g/mol. The van der Waals surface area contributed by atoms with E-state index in [1.54, 1.807) is 0 Å². The third kappa shape index (κ3) is 3.74. The molecule has 3 nitrogen and oxygen atoms in total. The van der Waals surface area contributed by atoms with Crippen molar-refractivity contribution in [1.29, 1.82) is 0 Å². The first kappa shape index (κ1) is 15.3. The van der Waals surface area contributed by atoms with E-state index in [0.717, 1.165) is 23.9 Å². The van der Waals surface area contributed by atoms with Crippen molar-refractivity contribution >= 4 is 0 Å². The maximum Gasteiger partial charge on any atom is 0.124 e. The first-order chi connectivity index (χ1) is 9.78. The summed E-state index contributed by atoms with van der Waals surface area (Å²) >= 11 is 0. The average molecular weight is 276 g/mol. The van der Waals surface area contributed by atoms with Gasteiger partial charge in [-0.05, 0) is 44.4 Å². The van der Waals surface area contributed by atoms with Crippen molar-refractivity contribution in [2.24, 2.45) is 5.73 Å². The van der Waals surface area contributed by atoms with Gasteiger partial charge in [0.1, 0.15) is 5.75 Å². The van der Waals surface area contributed by atoms with Crippen molar-refractivity contribution in [1.82, 2.24) is 4.90 Å². The number of piperidine rings is 1. The van der Waals surface area contributed by atoms with Gasteiger partial charge in [-0.15, -0.1) is 0 Å². The van der Waals surface area contributed by atoms with E-state index in [2.05, 4.69) is 30.0 Å². The van der Waals surface area contributed by atoms with Crippen LogP contribution in [-0.4, -0.2) is 24.1 Å². The van der Waals surface area contributed by atoms with Gasteiger partial charge >= 0.3 is 0 Å². The Balaban J connectivity index is 2.10. The quantitative estimate of drug-likeness (QED) is 0.866. The second-order valence-corrected chi connectivity index (χ2v) is 5.61. The summed E-state index contributed by atoms with van der Waals surface area (Å²) in [5.74, 6) is 0.956. The van der Waals surface area contributed by atoms with Crippen LogP contribution in [0, 0.1) is 0 Å². The molecular formula is C17H28N2O. The van der Waals surface area contributed by atoms with Crippen molar-refractivity contribution in [3.8, 4) is 5.75 Å². The number of ether oxygens (including phenoxy) is 1. The SMILES string of the molecule is CCOc1cc(CN2CCCCC2CC)ccc1CN. The Hall–Kier alpha value is -1.06. The summed E-state index contributed by atoms with van der Waals surface area (Å²) in [6, 6.07) is 7.23. The standard InChI is InChI=1S/C17H28N2O/c1-3-16-7-5-6-10-19(16)13-14-8-9-15(12-18)17(11-14)20-4-2/h8-9,11,16H,3-7,10,12-13,18H2,1-2H3. The molecule has 1 atom stereocenters. The smallest absolute Gasteiger partial charge is 0.124 e. The van der Waals surface area contributed by atoms with Crippen LogP contribution in [0.15, 0.2) is 18.2 Å². The van der Waals surface area contributed by atoms with Crippen LogP contribution in [0.25, 0.3) is 0 Å². The summed E-state index contributed by atoms with van der Waals surface area (Å²) in [5.41, 5.74) is 8.21. The molecule has 0 aliphatic carbocycles. The van der Waals surface area contributed by atoms with Crippen LogP contribution < -0.4 is 10.5 Å². The Morgan fingerprint density at radius 2 is 2.15 bits per heavy atom. The number of hydrogen-bond donors (Lipinski definition) is 1. The van der Waals surface area contributed by atoms with Crippen molar-refractivity contribution < 1.29 is 4.74 Å². The van der Waals surface area contributed by atoms with Crippen LogP contribution >= 0.6 is 0 Å². The minimum Gasteiger partial charge on any atom is -0.494 e. The summed E-state index contributed by atoms with van der Waals surface area (Å²) in [6.45, 7) is 7.80. The highest BCUT2D eigenvalue weighted by atomic mass is 16.5. The second-order valence-electron chi connectivity index (χ2n) is 5.61. The fourth-order valence-electron chi connectivity index (χ4n) is 3.12. The minimum absolute atomic E-state index is 0.539. The molecule has 1 aromatic rings. The zero-order valence-electron chi connectivity index (χ0n) is 12.9. The molecule has 1 heterocycles. The van der Waals surface area contributed by atoms with Crippen LogP contribution in [0.1, 0.15) is 50.7 Å². The van der Waals surface area contributed by atoms with Crippen molar-refractivity contribution in [3.05, 3.63) is 29.3 Å². The zero-order chi connectivity index (χ0) is 14.4. The van der Waals surface area contributed by atoms with Crippen molar-refractivity contribution in [3.63, 3.8) is 0 Å². The van der Waals surface area contributed by atoms with Gasteiger partial charge in [-0.25, -0.2) is 0 Å². The van der Waals surface area contributed by atoms with Gasteiger partial charge in [-0.1, -0.05) is 25.5 Å². The average Bonchev–Trinajstić information content (AvgIpc) is 2.48. The highest BCUT2D eigenvalue weighted by Gasteiger charge is 2.20. The summed E-state index contributed by atoms with van der Waals surface area (Å²) < 4.78 is 5.71. The van der Waals surface area contributed by atoms with E-state index in [1.165, 1.54) is 37.8 Å². The van der Waals surface area contributed by atoms with Gasteiger partial charge in [-0.2, -0.15) is 0 Å². The van der Waals surface area contributed by atoms with E-state index in [-0.39, 0.29) is 0 Å². The number of rotatable bonds is 6. The molecule has 2 N–H and O–H groups in total. The topological polar surface area (TPSA) is 38.5 Å². The van der Waals surface area contributed by atoms with E-state index in [0.29, 0.717) is 13.2 Å². The number of nitrogens with two attached hydrogens (primary N) is 1. The minimum atomic E-state index is 0.539. The van der Waals surface area contributed by atoms with Gasteiger partial charge in [0, 0.05) is 24.7 Å². The Labute approximate surface area is 123 Å². The summed E-state index contributed by atoms with van der Waals surface area (Å²) in [7, 11) is 0. The summed E-state index contributed by atoms with van der Waals surface area (Å²) in [5, 5.41) is 0. The molecule has 0 aromatic heterocycles. The molecule has 20 heavy (non-hydrogen) atoms. The van der Waals surface area contributed by atoms with Gasteiger partial charge in [-0.3, -0.25) is 4.90 Å².